The van der Waals surface area contributed by atoms with Gasteiger partial charge in [-0.3, -0.25) is 14.2 Å². The Labute approximate surface area is 174 Å². The number of carbonyl (C=O) groups is 1. The minimum Gasteiger partial charge on any atom is -0.489 e. The molecule has 1 saturated heterocycles. The Morgan fingerprint density at radius 2 is 2.00 bits per heavy atom. The molecule has 0 spiro atoms. The number of benzene rings is 2. The van der Waals surface area contributed by atoms with Crippen LogP contribution in [0.2, 0.25) is 0 Å². The molecule has 1 aromatic heterocycles. The maximum atomic E-state index is 12.5. The molecule has 156 valence electrons. The molecule has 2 aromatic carbocycles. The van der Waals surface area contributed by atoms with E-state index in [0.29, 0.717) is 28.9 Å². The first-order valence-electron chi connectivity index (χ1n) is 10.3. The predicted octanol–water partition coefficient (Wildman–Crippen LogP) is 3.37. The number of aryl methyl sites for hydroxylation is 1. The lowest BCUT2D eigenvalue weighted by atomic mass is 10.1. The topological polar surface area (TPSA) is 82.5 Å². The van der Waals surface area contributed by atoms with E-state index in [9.17, 15) is 9.59 Å². The molecule has 7 nitrogen and oxygen atoms in total. The minimum absolute atomic E-state index is 0.0924. The Hall–Kier alpha value is -3.19. The molecule has 4 rings (SSSR count). The molecule has 1 amide bonds. The van der Waals surface area contributed by atoms with Gasteiger partial charge in [0.05, 0.1) is 29.0 Å². The molecule has 0 radical (unpaired) electrons. The summed E-state index contributed by atoms with van der Waals surface area (Å²) >= 11 is 0. The number of para-hydroxylation sites is 3. The summed E-state index contributed by atoms with van der Waals surface area (Å²) in [5, 5.41) is 3.43. The quantitative estimate of drug-likeness (QED) is 0.649. The zero-order chi connectivity index (χ0) is 20.8. The number of rotatable bonds is 7. The van der Waals surface area contributed by atoms with E-state index < -0.39 is 0 Å². The van der Waals surface area contributed by atoms with Crippen LogP contribution in [-0.2, 0) is 16.1 Å². The Balaban J connectivity index is 1.36. The summed E-state index contributed by atoms with van der Waals surface area (Å²) in [5.41, 5.74) is 1.11. The van der Waals surface area contributed by atoms with Gasteiger partial charge in [0, 0.05) is 19.6 Å². The summed E-state index contributed by atoms with van der Waals surface area (Å²) < 4.78 is 13.1. The molecule has 7 heteroatoms. The molecule has 1 unspecified atom stereocenters. The number of amides is 1. The molecular formula is C23H25N3O4. The third-order valence-electron chi connectivity index (χ3n) is 5.17. The van der Waals surface area contributed by atoms with Gasteiger partial charge in [-0.05, 0) is 43.5 Å². The van der Waals surface area contributed by atoms with E-state index in [4.69, 9.17) is 9.47 Å². The van der Waals surface area contributed by atoms with Gasteiger partial charge in [0.25, 0.3) is 5.56 Å². The van der Waals surface area contributed by atoms with Crippen LogP contribution in [0.15, 0.2) is 59.7 Å². The molecule has 0 aliphatic carbocycles. The van der Waals surface area contributed by atoms with Gasteiger partial charge in [0.1, 0.15) is 12.4 Å². The molecule has 2 heterocycles. The van der Waals surface area contributed by atoms with Crippen LogP contribution in [-0.4, -0.2) is 34.8 Å². The van der Waals surface area contributed by atoms with Crippen LogP contribution in [0.3, 0.4) is 0 Å². The first kappa shape index (κ1) is 20.1. The summed E-state index contributed by atoms with van der Waals surface area (Å²) in [6.07, 6.45) is 4.96. The van der Waals surface area contributed by atoms with Crippen molar-refractivity contribution in [3.8, 4) is 5.75 Å². The number of hydrogen-bond acceptors (Lipinski definition) is 5. The van der Waals surface area contributed by atoms with Crippen LogP contribution in [0, 0.1) is 0 Å². The molecule has 1 atom stereocenters. The fourth-order valence-electron chi connectivity index (χ4n) is 3.52. The Bertz CT molecular complexity index is 1070. The largest absolute Gasteiger partial charge is 0.489 e. The van der Waals surface area contributed by atoms with Gasteiger partial charge in [-0.15, -0.1) is 0 Å². The van der Waals surface area contributed by atoms with Crippen molar-refractivity contribution in [1.82, 2.24) is 9.55 Å². The van der Waals surface area contributed by atoms with Gasteiger partial charge >= 0.3 is 0 Å². The van der Waals surface area contributed by atoms with Crippen molar-refractivity contribution < 1.29 is 14.3 Å². The molecule has 1 fully saturated rings. The highest BCUT2D eigenvalue weighted by Crippen LogP contribution is 2.25. The lowest BCUT2D eigenvalue weighted by molar-refractivity contribution is -0.116. The molecule has 1 aliphatic heterocycles. The van der Waals surface area contributed by atoms with Gasteiger partial charge < -0.3 is 14.8 Å². The van der Waals surface area contributed by atoms with Crippen molar-refractivity contribution in [2.75, 3.05) is 18.5 Å². The second kappa shape index (κ2) is 9.54. The van der Waals surface area contributed by atoms with Crippen LogP contribution >= 0.6 is 0 Å². The fourth-order valence-corrected chi connectivity index (χ4v) is 3.52. The number of hydrogen-bond donors (Lipinski definition) is 1. The van der Waals surface area contributed by atoms with Crippen molar-refractivity contribution in [3.05, 3.63) is 65.2 Å². The average molecular weight is 407 g/mol. The van der Waals surface area contributed by atoms with E-state index in [2.05, 4.69) is 10.3 Å². The third-order valence-corrected chi connectivity index (χ3v) is 5.17. The monoisotopic (exact) mass is 407 g/mol. The Morgan fingerprint density at radius 1 is 1.17 bits per heavy atom. The number of fused-ring (bicyclic) bond motifs is 1. The van der Waals surface area contributed by atoms with Gasteiger partial charge in [-0.25, -0.2) is 4.98 Å². The van der Waals surface area contributed by atoms with Crippen LogP contribution in [0.25, 0.3) is 10.9 Å². The molecule has 3 aromatic rings. The summed E-state index contributed by atoms with van der Waals surface area (Å²) in [6.45, 7) is 1.49. The summed E-state index contributed by atoms with van der Waals surface area (Å²) in [4.78, 5) is 29.3. The SMILES string of the molecule is O=C(CCn1cnc2ccccc2c1=O)Nc1ccccc1OCC1CCCCO1. The van der Waals surface area contributed by atoms with Crippen molar-refractivity contribution in [1.29, 1.82) is 0 Å². The highest BCUT2D eigenvalue weighted by atomic mass is 16.5. The van der Waals surface area contributed by atoms with Crippen LogP contribution in [0.4, 0.5) is 5.69 Å². The van der Waals surface area contributed by atoms with E-state index in [1.54, 1.807) is 24.3 Å². The van der Waals surface area contributed by atoms with Crippen molar-refractivity contribution in [2.45, 2.75) is 38.3 Å². The first-order valence-corrected chi connectivity index (χ1v) is 10.3. The Morgan fingerprint density at radius 3 is 2.87 bits per heavy atom. The lowest BCUT2D eigenvalue weighted by Gasteiger charge is -2.23. The van der Waals surface area contributed by atoms with E-state index in [0.717, 1.165) is 25.9 Å². The molecule has 0 bridgehead atoms. The summed E-state index contributed by atoms with van der Waals surface area (Å²) in [6, 6.07) is 14.5. The maximum absolute atomic E-state index is 12.5. The smallest absolute Gasteiger partial charge is 0.261 e. The van der Waals surface area contributed by atoms with E-state index >= 15 is 0 Å². The van der Waals surface area contributed by atoms with Crippen molar-refractivity contribution >= 4 is 22.5 Å². The van der Waals surface area contributed by atoms with Crippen molar-refractivity contribution in [3.63, 3.8) is 0 Å². The second-order valence-electron chi connectivity index (χ2n) is 7.35. The number of nitrogens with zero attached hydrogens (tertiary/aromatic N) is 2. The minimum atomic E-state index is -0.194. The van der Waals surface area contributed by atoms with Gasteiger partial charge in [0.2, 0.25) is 5.91 Å². The maximum Gasteiger partial charge on any atom is 0.261 e. The van der Waals surface area contributed by atoms with Gasteiger partial charge in [0.15, 0.2) is 0 Å². The first-order chi connectivity index (χ1) is 14.7. The zero-order valence-corrected chi connectivity index (χ0v) is 16.8. The normalized spacial score (nSPS) is 16.3. The highest BCUT2D eigenvalue weighted by molar-refractivity contribution is 5.92. The number of carbonyl (C=O) groups excluding carboxylic acids is 1. The number of nitrogens with one attached hydrogen (secondary N) is 1. The van der Waals surface area contributed by atoms with Crippen LogP contribution < -0.4 is 15.6 Å². The number of aromatic nitrogens is 2. The van der Waals surface area contributed by atoms with Gasteiger partial charge in [-0.1, -0.05) is 24.3 Å². The van der Waals surface area contributed by atoms with Crippen LogP contribution in [0.1, 0.15) is 25.7 Å². The van der Waals surface area contributed by atoms with Crippen LogP contribution in [0.5, 0.6) is 5.75 Å². The third kappa shape index (κ3) is 4.86. The van der Waals surface area contributed by atoms with E-state index in [1.165, 1.54) is 10.9 Å². The average Bonchev–Trinajstić information content (AvgIpc) is 2.79. The Kier molecular flexibility index (Phi) is 6.39. The molecule has 1 N–H and O–H groups in total. The molecule has 0 saturated carbocycles. The molecule has 30 heavy (non-hydrogen) atoms. The van der Waals surface area contributed by atoms with E-state index in [-0.39, 0.29) is 30.5 Å². The highest BCUT2D eigenvalue weighted by Gasteiger charge is 2.16. The van der Waals surface area contributed by atoms with E-state index in [1.807, 2.05) is 24.3 Å². The number of anilines is 1. The standard InChI is InChI=1S/C23H25N3O4/c27-22(12-13-26-16-24-19-9-2-1-8-18(19)23(26)28)25-20-10-3-4-11-21(20)30-15-17-7-5-6-14-29-17/h1-4,8-11,16-17H,5-7,12-15H2,(H,25,27). The van der Waals surface area contributed by atoms with Gasteiger partial charge in [-0.2, -0.15) is 0 Å². The van der Waals surface area contributed by atoms with Crippen molar-refractivity contribution in [2.24, 2.45) is 0 Å². The second-order valence-corrected chi connectivity index (χ2v) is 7.35. The number of ether oxygens (including phenoxy) is 2. The zero-order valence-electron chi connectivity index (χ0n) is 16.8. The molecular weight excluding hydrogens is 382 g/mol. The fraction of sp³-hybridized carbons (Fsp3) is 0.348. The predicted molar refractivity (Wildman–Crippen MR) is 115 cm³/mol. The lowest BCUT2D eigenvalue weighted by Crippen LogP contribution is -2.26. The molecule has 1 aliphatic rings. The summed E-state index contributed by atoms with van der Waals surface area (Å²) in [5.74, 6) is 0.421. The summed E-state index contributed by atoms with van der Waals surface area (Å²) in [7, 11) is 0.